The molecule has 0 aliphatic carbocycles. The summed E-state index contributed by atoms with van der Waals surface area (Å²) in [6.07, 6.45) is 1.36. The number of H-pyrrole nitrogens is 1. The summed E-state index contributed by atoms with van der Waals surface area (Å²) in [6, 6.07) is 8.92. The molecular weight excluding hydrogens is 294 g/mol. The van der Waals surface area contributed by atoms with Crippen LogP contribution in [0.5, 0.6) is 0 Å². The third-order valence-corrected chi connectivity index (χ3v) is 3.22. The Morgan fingerprint density at radius 1 is 1.26 bits per heavy atom. The molecule has 23 heavy (non-hydrogen) atoms. The maximum Gasteiger partial charge on any atom is 0.262 e. The average Bonchev–Trinajstić information content (AvgIpc) is 2.53. The number of nitrogens with one attached hydrogen (secondary N) is 3. The number of hydrogen-bond acceptors (Lipinski definition) is 7. The number of benzene rings is 1. The summed E-state index contributed by atoms with van der Waals surface area (Å²) in [5.74, 6) is 0.995. The number of aromatic amines is 1. The predicted octanol–water partition coefficient (Wildman–Crippen LogP) is 1.01. The summed E-state index contributed by atoms with van der Waals surface area (Å²) < 4.78 is 0. The van der Waals surface area contributed by atoms with Crippen molar-refractivity contribution in [3.8, 4) is 0 Å². The predicted molar refractivity (Wildman–Crippen MR) is 91.8 cm³/mol. The lowest BCUT2D eigenvalue weighted by Gasteiger charge is -2.11. The van der Waals surface area contributed by atoms with Crippen LogP contribution in [0.3, 0.4) is 0 Å². The van der Waals surface area contributed by atoms with Gasteiger partial charge in [0.2, 0.25) is 0 Å². The summed E-state index contributed by atoms with van der Waals surface area (Å²) in [4.78, 5) is 23.3. The van der Waals surface area contributed by atoms with Crippen LogP contribution in [0.2, 0.25) is 0 Å². The first-order valence-electron chi connectivity index (χ1n) is 7.12. The third kappa shape index (κ3) is 3.22. The number of nitrogens with zero attached hydrogens (tertiary/aromatic N) is 2. The Morgan fingerprint density at radius 2 is 2.13 bits per heavy atom. The Hall–Kier alpha value is -3.13. The maximum atomic E-state index is 12.1. The minimum atomic E-state index is -0.265. The molecule has 0 bridgehead atoms. The first kappa shape index (κ1) is 14.8. The van der Waals surface area contributed by atoms with E-state index in [1.54, 1.807) is 18.2 Å². The third-order valence-electron chi connectivity index (χ3n) is 3.22. The van der Waals surface area contributed by atoms with Gasteiger partial charge < -0.3 is 27.1 Å². The normalized spacial score (nSPS) is 10.7. The van der Waals surface area contributed by atoms with E-state index in [2.05, 4.69) is 25.6 Å². The zero-order valence-corrected chi connectivity index (χ0v) is 12.3. The standard InChI is InChI=1S/C15H17N7O/c16-4-5-18-12-7-11-13(15(23)20-8-19-11)14(22-12)21-10-3-1-2-9(17)6-10/h1-3,6-8H,4-5,16-17H2,(H2,18,21,22)(H,19,20,23). The minimum absolute atomic E-state index is 0.265. The van der Waals surface area contributed by atoms with E-state index < -0.39 is 0 Å². The van der Waals surface area contributed by atoms with E-state index in [0.29, 0.717) is 41.3 Å². The van der Waals surface area contributed by atoms with Crippen LogP contribution < -0.4 is 27.7 Å². The molecule has 8 nitrogen and oxygen atoms in total. The van der Waals surface area contributed by atoms with Gasteiger partial charge in [-0.3, -0.25) is 4.79 Å². The molecule has 8 heteroatoms. The Morgan fingerprint density at radius 3 is 2.91 bits per heavy atom. The van der Waals surface area contributed by atoms with Crippen molar-refractivity contribution in [2.75, 3.05) is 29.5 Å². The fourth-order valence-corrected chi connectivity index (χ4v) is 2.22. The van der Waals surface area contributed by atoms with Crippen molar-refractivity contribution in [1.82, 2.24) is 15.0 Å². The minimum Gasteiger partial charge on any atom is -0.399 e. The highest BCUT2D eigenvalue weighted by Crippen LogP contribution is 2.24. The molecule has 0 atom stereocenters. The number of nitrogens with two attached hydrogens (primary N) is 2. The molecule has 1 aromatic carbocycles. The van der Waals surface area contributed by atoms with Crippen LogP contribution in [0.1, 0.15) is 0 Å². The molecule has 0 fully saturated rings. The van der Waals surface area contributed by atoms with Crippen molar-refractivity contribution in [2.45, 2.75) is 0 Å². The molecule has 0 spiro atoms. The topological polar surface area (TPSA) is 135 Å². The first-order valence-corrected chi connectivity index (χ1v) is 7.12. The molecule has 0 aliphatic heterocycles. The molecule has 0 aliphatic rings. The van der Waals surface area contributed by atoms with Gasteiger partial charge in [-0.05, 0) is 18.2 Å². The van der Waals surface area contributed by atoms with Crippen molar-refractivity contribution in [2.24, 2.45) is 5.73 Å². The van der Waals surface area contributed by atoms with Gasteiger partial charge in [0.25, 0.3) is 5.56 Å². The first-order chi connectivity index (χ1) is 11.2. The van der Waals surface area contributed by atoms with E-state index in [-0.39, 0.29) is 5.56 Å². The second kappa shape index (κ2) is 6.32. The van der Waals surface area contributed by atoms with E-state index in [1.807, 2.05) is 12.1 Å². The zero-order valence-electron chi connectivity index (χ0n) is 12.3. The lowest BCUT2D eigenvalue weighted by atomic mass is 10.2. The van der Waals surface area contributed by atoms with Crippen molar-refractivity contribution >= 4 is 33.9 Å². The maximum absolute atomic E-state index is 12.1. The lowest BCUT2D eigenvalue weighted by molar-refractivity contribution is 1.01. The quantitative estimate of drug-likeness (QED) is 0.444. The molecule has 118 valence electrons. The number of aromatic nitrogens is 3. The molecular formula is C15H17N7O. The average molecular weight is 311 g/mol. The number of pyridine rings is 1. The van der Waals surface area contributed by atoms with E-state index in [9.17, 15) is 4.79 Å². The van der Waals surface area contributed by atoms with Crippen LogP contribution in [0.25, 0.3) is 10.9 Å². The Bertz CT molecular complexity index is 890. The van der Waals surface area contributed by atoms with E-state index in [4.69, 9.17) is 11.5 Å². The van der Waals surface area contributed by atoms with Crippen molar-refractivity contribution in [3.05, 3.63) is 47.0 Å². The van der Waals surface area contributed by atoms with Gasteiger partial charge in [0, 0.05) is 30.5 Å². The van der Waals surface area contributed by atoms with Crippen molar-refractivity contribution < 1.29 is 0 Å². The van der Waals surface area contributed by atoms with Crippen LogP contribution in [0.4, 0.5) is 23.0 Å². The summed E-state index contributed by atoms with van der Waals surface area (Å²) in [5.41, 5.74) is 12.9. The van der Waals surface area contributed by atoms with Gasteiger partial charge in [0.1, 0.15) is 17.0 Å². The molecule has 0 saturated carbocycles. The van der Waals surface area contributed by atoms with Gasteiger partial charge in [-0.25, -0.2) is 9.97 Å². The highest BCUT2D eigenvalue weighted by Gasteiger charge is 2.11. The number of fused-ring (bicyclic) bond motifs is 1. The van der Waals surface area contributed by atoms with Crippen molar-refractivity contribution in [1.29, 1.82) is 0 Å². The van der Waals surface area contributed by atoms with Gasteiger partial charge in [0.15, 0.2) is 0 Å². The second-order valence-electron chi connectivity index (χ2n) is 4.95. The van der Waals surface area contributed by atoms with Gasteiger partial charge in [-0.15, -0.1) is 0 Å². The van der Waals surface area contributed by atoms with Gasteiger partial charge in [0.05, 0.1) is 11.8 Å². The molecule has 3 rings (SSSR count). The summed E-state index contributed by atoms with van der Waals surface area (Å²) in [7, 11) is 0. The Balaban J connectivity index is 2.10. The van der Waals surface area contributed by atoms with Crippen LogP contribution in [0.15, 0.2) is 41.5 Å². The smallest absolute Gasteiger partial charge is 0.262 e. The number of nitrogen functional groups attached to an aromatic ring is 1. The molecule has 2 aromatic heterocycles. The summed E-state index contributed by atoms with van der Waals surface area (Å²) >= 11 is 0. The van der Waals surface area contributed by atoms with E-state index in [1.165, 1.54) is 6.33 Å². The highest BCUT2D eigenvalue weighted by atomic mass is 16.1. The van der Waals surface area contributed by atoms with Crippen LogP contribution >= 0.6 is 0 Å². The lowest BCUT2D eigenvalue weighted by Crippen LogP contribution is -2.15. The SMILES string of the molecule is NCCNc1cc2nc[nH]c(=O)c2c(Nc2cccc(N)c2)n1. The number of hydrogen-bond donors (Lipinski definition) is 5. The summed E-state index contributed by atoms with van der Waals surface area (Å²) in [5, 5.41) is 6.60. The van der Waals surface area contributed by atoms with E-state index >= 15 is 0 Å². The Labute approximate surface area is 132 Å². The van der Waals surface area contributed by atoms with Crippen LogP contribution in [-0.4, -0.2) is 28.0 Å². The van der Waals surface area contributed by atoms with Crippen LogP contribution in [0, 0.1) is 0 Å². The fourth-order valence-electron chi connectivity index (χ4n) is 2.22. The largest absolute Gasteiger partial charge is 0.399 e. The second-order valence-corrected chi connectivity index (χ2v) is 4.95. The number of anilines is 4. The molecule has 0 unspecified atom stereocenters. The monoisotopic (exact) mass is 311 g/mol. The molecule has 7 N–H and O–H groups in total. The van der Waals surface area contributed by atoms with E-state index in [0.717, 1.165) is 5.69 Å². The Kier molecular flexibility index (Phi) is 4.07. The van der Waals surface area contributed by atoms with Gasteiger partial charge >= 0.3 is 0 Å². The van der Waals surface area contributed by atoms with Gasteiger partial charge in [-0.1, -0.05) is 6.07 Å². The summed E-state index contributed by atoms with van der Waals surface area (Å²) in [6.45, 7) is 1.04. The number of rotatable bonds is 5. The molecule has 0 radical (unpaired) electrons. The molecule has 3 aromatic rings. The fraction of sp³-hybridized carbons (Fsp3) is 0.133. The van der Waals surface area contributed by atoms with Crippen LogP contribution in [-0.2, 0) is 0 Å². The molecule has 0 amide bonds. The zero-order chi connectivity index (χ0) is 16.2. The van der Waals surface area contributed by atoms with Gasteiger partial charge in [-0.2, -0.15) is 0 Å². The molecule has 2 heterocycles. The van der Waals surface area contributed by atoms with Crippen molar-refractivity contribution in [3.63, 3.8) is 0 Å². The highest BCUT2D eigenvalue weighted by molar-refractivity contribution is 5.92. The molecule has 0 saturated heterocycles.